The van der Waals surface area contributed by atoms with E-state index in [1.54, 1.807) is 18.4 Å². The van der Waals surface area contributed by atoms with Gasteiger partial charge in [0.15, 0.2) is 0 Å². The quantitative estimate of drug-likeness (QED) is 0.759. The Hall–Kier alpha value is -1.50. The molecule has 1 N–H and O–H groups in total. The van der Waals surface area contributed by atoms with Crippen LogP contribution in [0, 0.1) is 0 Å². The molecule has 0 aliphatic heterocycles. The second-order valence-electron chi connectivity index (χ2n) is 4.73. The van der Waals surface area contributed by atoms with Crippen molar-refractivity contribution in [2.45, 2.75) is 26.4 Å². The molecule has 2 aromatic heterocycles. The molecule has 0 saturated heterocycles. The van der Waals surface area contributed by atoms with Gasteiger partial charge in [0.25, 0.3) is 5.56 Å². The van der Waals surface area contributed by atoms with E-state index in [1.165, 1.54) is 4.68 Å². The van der Waals surface area contributed by atoms with E-state index in [1.807, 2.05) is 23.6 Å². The van der Waals surface area contributed by atoms with Crippen LogP contribution in [0.1, 0.15) is 18.9 Å². The summed E-state index contributed by atoms with van der Waals surface area (Å²) >= 11 is 1.62. The third-order valence-electron chi connectivity index (χ3n) is 3.07. The molecule has 0 atom stereocenters. The van der Waals surface area contributed by atoms with Gasteiger partial charge in [-0.05, 0) is 30.5 Å². The Morgan fingerprint density at radius 1 is 1.48 bits per heavy atom. The number of ether oxygens (including phenoxy) is 1. The van der Waals surface area contributed by atoms with Gasteiger partial charge in [-0.1, -0.05) is 13.0 Å². The van der Waals surface area contributed by atoms with Crippen LogP contribution >= 0.6 is 11.3 Å². The average Bonchev–Trinajstić information content (AvgIpc) is 3.02. The third kappa shape index (κ3) is 4.23. The van der Waals surface area contributed by atoms with Crippen molar-refractivity contribution >= 4 is 11.3 Å². The van der Waals surface area contributed by atoms with Crippen LogP contribution in [0.2, 0.25) is 0 Å². The number of thiophene rings is 1. The number of hydrogen-bond acceptors (Lipinski definition) is 5. The van der Waals surface area contributed by atoms with E-state index in [-0.39, 0.29) is 5.56 Å². The summed E-state index contributed by atoms with van der Waals surface area (Å²) in [6, 6.07) is 5.89. The lowest BCUT2D eigenvalue weighted by Crippen LogP contribution is -2.30. The number of aromatic nitrogens is 2. The van der Waals surface area contributed by atoms with Gasteiger partial charge < -0.3 is 10.1 Å². The van der Waals surface area contributed by atoms with Gasteiger partial charge in [0.05, 0.1) is 18.0 Å². The van der Waals surface area contributed by atoms with Crippen molar-refractivity contribution in [2.75, 3.05) is 20.3 Å². The van der Waals surface area contributed by atoms with Crippen LogP contribution in [-0.2, 0) is 17.8 Å². The maximum atomic E-state index is 12.4. The van der Waals surface area contributed by atoms with E-state index in [0.29, 0.717) is 19.7 Å². The Morgan fingerprint density at radius 3 is 3.00 bits per heavy atom. The van der Waals surface area contributed by atoms with Crippen molar-refractivity contribution in [3.63, 3.8) is 0 Å². The van der Waals surface area contributed by atoms with Gasteiger partial charge in [-0.2, -0.15) is 5.10 Å². The van der Waals surface area contributed by atoms with Gasteiger partial charge in [0, 0.05) is 19.2 Å². The van der Waals surface area contributed by atoms with Crippen LogP contribution in [0.4, 0.5) is 0 Å². The molecule has 6 heteroatoms. The first-order chi connectivity index (χ1) is 10.3. The van der Waals surface area contributed by atoms with E-state index in [0.717, 1.165) is 29.1 Å². The minimum Gasteiger partial charge on any atom is -0.383 e. The Bertz CT molecular complexity index is 608. The maximum Gasteiger partial charge on any atom is 0.271 e. The number of nitrogens with one attached hydrogen (secondary N) is 1. The van der Waals surface area contributed by atoms with Crippen molar-refractivity contribution < 1.29 is 4.74 Å². The van der Waals surface area contributed by atoms with Crippen molar-refractivity contribution in [1.82, 2.24) is 15.1 Å². The SMILES string of the molecule is CCCNCc1cc(-c2cccs2)nn(CCOC)c1=O. The highest BCUT2D eigenvalue weighted by Gasteiger charge is 2.10. The molecule has 2 aromatic rings. The van der Waals surface area contributed by atoms with Crippen LogP contribution in [0.3, 0.4) is 0 Å². The highest BCUT2D eigenvalue weighted by molar-refractivity contribution is 7.13. The fraction of sp³-hybridized carbons (Fsp3) is 0.467. The number of nitrogens with zero attached hydrogens (tertiary/aromatic N) is 2. The predicted octanol–water partition coefficient (Wildman–Crippen LogP) is 2.12. The summed E-state index contributed by atoms with van der Waals surface area (Å²) < 4.78 is 6.56. The lowest BCUT2D eigenvalue weighted by atomic mass is 10.2. The fourth-order valence-electron chi connectivity index (χ4n) is 2.00. The number of rotatable bonds is 8. The van der Waals surface area contributed by atoms with Crippen LogP contribution in [0.25, 0.3) is 10.6 Å². The molecule has 0 radical (unpaired) electrons. The van der Waals surface area contributed by atoms with Gasteiger partial charge in [0.1, 0.15) is 5.69 Å². The first-order valence-electron chi connectivity index (χ1n) is 7.10. The second-order valence-corrected chi connectivity index (χ2v) is 5.68. The zero-order valence-electron chi connectivity index (χ0n) is 12.5. The standard InChI is InChI=1S/C15H21N3O2S/c1-3-6-16-11-12-10-13(14-5-4-9-21-14)17-18(15(12)19)7-8-20-2/h4-5,9-10,16H,3,6-8,11H2,1-2H3. The molecule has 2 heterocycles. The maximum absolute atomic E-state index is 12.4. The molecule has 0 saturated carbocycles. The summed E-state index contributed by atoms with van der Waals surface area (Å²) in [5.41, 5.74) is 1.54. The summed E-state index contributed by atoms with van der Waals surface area (Å²) in [7, 11) is 1.62. The van der Waals surface area contributed by atoms with Crippen LogP contribution in [0.15, 0.2) is 28.4 Å². The normalized spacial score (nSPS) is 11.0. The molecule has 0 aliphatic rings. The molecular formula is C15H21N3O2S. The summed E-state index contributed by atoms with van der Waals surface area (Å²) in [5.74, 6) is 0. The smallest absolute Gasteiger partial charge is 0.271 e. The lowest BCUT2D eigenvalue weighted by molar-refractivity contribution is 0.182. The highest BCUT2D eigenvalue weighted by Crippen LogP contribution is 2.22. The van der Waals surface area contributed by atoms with E-state index in [2.05, 4.69) is 17.3 Å². The lowest BCUT2D eigenvalue weighted by Gasteiger charge is -2.10. The third-order valence-corrected chi connectivity index (χ3v) is 3.96. The van der Waals surface area contributed by atoms with Crippen molar-refractivity contribution in [3.8, 4) is 10.6 Å². The monoisotopic (exact) mass is 307 g/mol. The molecule has 2 rings (SSSR count). The molecule has 114 valence electrons. The Balaban J connectivity index is 2.33. The zero-order chi connectivity index (χ0) is 15.1. The van der Waals surface area contributed by atoms with Crippen LogP contribution in [-0.4, -0.2) is 30.0 Å². The van der Waals surface area contributed by atoms with E-state index in [4.69, 9.17) is 4.74 Å². The molecule has 0 fully saturated rings. The van der Waals surface area contributed by atoms with Gasteiger partial charge in [0.2, 0.25) is 0 Å². The molecule has 21 heavy (non-hydrogen) atoms. The van der Waals surface area contributed by atoms with Gasteiger partial charge >= 0.3 is 0 Å². The Kier molecular flexibility index (Phi) is 6.10. The van der Waals surface area contributed by atoms with Gasteiger partial charge in [-0.3, -0.25) is 4.79 Å². The van der Waals surface area contributed by atoms with Gasteiger partial charge in [-0.25, -0.2) is 4.68 Å². The van der Waals surface area contributed by atoms with Crippen molar-refractivity contribution in [1.29, 1.82) is 0 Å². The summed E-state index contributed by atoms with van der Waals surface area (Å²) in [6.45, 7) is 4.51. The average molecular weight is 307 g/mol. The van der Waals surface area contributed by atoms with Crippen molar-refractivity contribution in [2.24, 2.45) is 0 Å². The van der Waals surface area contributed by atoms with Gasteiger partial charge in [-0.15, -0.1) is 11.3 Å². The molecule has 0 aliphatic carbocycles. The van der Waals surface area contributed by atoms with E-state index < -0.39 is 0 Å². The van der Waals surface area contributed by atoms with Crippen LogP contribution in [0.5, 0.6) is 0 Å². The first kappa shape index (κ1) is 15.9. The molecule has 0 unspecified atom stereocenters. The molecule has 0 amide bonds. The number of methoxy groups -OCH3 is 1. The molecule has 0 bridgehead atoms. The molecule has 5 nitrogen and oxygen atoms in total. The van der Waals surface area contributed by atoms with Crippen LogP contribution < -0.4 is 10.9 Å². The minimum atomic E-state index is -0.0454. The number of hydrogen-bond donors (Lipinski definition) is 1. The summed E-state index contributed by atoms with van der Waals surface area (Å²) in [4.78, 5) is 13.5. The Morgan fingerprint density at radius 2 is 2.33 bits per heavy atom. The van der Waals surface area contributed by atoms with Crippen molar-refractivity contribution in [3.05, 3.63) is 39.5 Å². The largest absolute Gasteiger partial charge is 0.383 e. The fourth-order valence-corrected chi connectivity index (χ4v) is 2.68. The summed E-state index contributed by atoms with van der Waals surface area (Å²) in [5, 5.41) is 9.74. The first-order valence-corrected chi connectivity index (χ1v) is 7.98. The Labute approximate surface area is 128 Å². The zero-order valence-corrected chi connectivity index (χ0v) is 13.3. The second kappa shape index (κ2) is 8.07. The molecule has 0 spiro atoms. The minimum absolute atomic E-state index is 0.0454. The molecule has 0 aromatic carbocycles. The highest BCUT2D eigenvalue weighted by atomic mass is 32.1. The topological polar surface area (TPSA) is 56.1 Å². The summed E-state index contributed by atoms with van der Waals surface area (Å²) in [6.07, 6.45) is 1.04. The molecular weight excluding hydrogens is 286 g/mol. The predicted molar refractivity (Wildman–Crippen MR) is 85.7 cm³/mol. The van der Waals surface area contributed by atoms with E-state index >= 15 is 0 Å². The van der Waals surface area contributed by atoms with E-state index in [9.17, 15) is 4.79 Å².